The molecule has 2 bridgehead atoms. The van der Waals surface area contributed by atoms with Crippen molar-refractivity contribution in [1.29, 1.82) is 0 Å². The fourth-order valence-electron chi connectivity index (χ4n) is 2.34. The Labute approximate surface area is 142 Å². The monoisotopic (exact) mass is 364 g/mol. The molecule has 0 radical (unpaired) electrons. The first kappa shape index (κ1) is 17.0. The normalized spacial score (nSPS) is 12.3. The number of nitrogens with one attached hydrogen (secondary N) is 1. The van der Waals surface area contributed by atoms with Crippen LogP contribution in [0.15, 0.2) is 40.3 Å². The summed E-state index contributed by atoms with van der Waals surface area (Å²) in [5.41, 5.74) is 3.63. The van der Waals surface area contributed by atoms with Crippen molar-refractivity contribution in [3.05, 3.63) is 57.7 Å². The molecule has 3 rings (SSSR count). The first-order valence-corrected chi connectivity index (χ1v) is 8.59. The molecule has 0 unspecified atom stereocenters. The molecule has 0 aromatic heterocycles. The summed E-state index contributed by atoms with van der Waals surface area (Å²) in [6.45, 7) is -0.576. The van der Waals surface area contributed by atoms with Crippen LogP contribution in [0.4, 0.5) is 20.2 Å². The average Bonchev–Trinajstić information content (AvgIpc) is 2.54. The number of nitrogens with zero attached hydrogens (tertiary/aromatic N) is 2. The molecule has 0 saturated carbocycles. The number of hydrazone groups is 1. The molecule has 25 heavy (non-hydrogen) atoms. The zero-order valence-corrected chi connectivity index (χ0v) is 13.5. The molecule has 0 fully saturated rings. The number of aryl methyl sites for hydroxylation is 1. The van der Waals surface area contributed by atoms with E-state index in [1.807, 2.05) is 0 Å². The fraction of sp³-hybridized carbons (Fsp3) is 0.125. The molecule has 2 aromatic rings. The second-order valence-corrected chi connectivity index (χ2v) is 6.59. The number of hydrogen-bond donors (Lipinski definition) is 2. The number of benzene rings is 2. The van der Waals surface area contributed by atoms with Gasteiger partial charge in [-0.05, 0) is 34.7 Å². The van der Waals surface area contributed by atoms with Crippen LogP contribution in [-0.4, -0.2) is 25.9 Å². The van der Waals surface area contributed by atoms with E-state index in [9.17, 15) is 21.8 Å². The zero-order chi connectivity index (χ0) is 18.0. The lowest BCUT2D eigenvalue weighted by atomic mass is 10.1. The Morgan fingerprint density at radius 2 is 2.08 bits per heavy atom. The number of halogens is 2. The third-order valence-electron chi connectivity index (χ3n) is 3.53. The third-order valence-corrected chi connectivity index (χ3v) is 4.43. The number of fused-ring (bicyclic) bond motifs is 2. The Morgan fingerprint density at radius 1 is 1.28 bits per heavy atom. The molecule has 0 atom stereocenters. The van der Waals surface area contributed by atoms with Gasteiger partial charge in [0.05, 0.1) is 18.5 Å². The summed E-state index contributed by atoms with van der Waals surface area (Å²) in [5.74, 6) is -0.598. The SMILES string of the molecule is O=S(=O)(O)c1ccc2c([N+]#Cc3cc(CCF)ccc3F)c1NN=C2. The van der Waals surface area contributed by atoms with Crippen LogP contribution < -0.4 is 5.43 Å². The Morgan fingerprint density at radius 3 is 2.80 bits per heavy atom. The molecule has 1 aliphatic rings. The summed E-state index contributed by atoms with van der Waals surface area (Å²) < 4.78 is 58.5. The maximum atomic E-state index is 13.9. The first-order chi connectivity index (χ1) is 11.9. The maximum Gasteiger partial charge on any atom is 0.375 e. The molecular weight excluding hydrogens is 352 g/mol. The molecule has 0 saturated heterocycles. The summed E-state index contributed by atoms with van der Waals surface area (Å²) in [4.78, 5) is 3.62. The van der Waals surface area contributed by atoms with Crippen molar-refractivity contribution in [1.82, 2.24) is 0 Å². The highest BCUT2D eigenvalue weighted by atomic mass is 32.2. The van der Waals surface area contributed by atoms with Crippen LogP contribution in [0.25, 0.3) is 4.85 Å². The van der Waals surface area contributed by atoms with Gasteiger partial charge in [0.1, 0.15) is 16.3 Å². The van der Waals surface area contributed by atoms with Gasteiger partial charge in [-0.1, -0.05) is 6.07 Å². The Bertz CT molecular complexity index is 1040. The highest BCUT2D eigenvalue weighted by molar-refractivity contribution is 7.86. The quantitative estimate of drug-likeness (QED) is 0.818. The zero-order valence-electron chi connectivity index (χ0n) is 12.7. The molecular formula is C16H12F2N3O3S+. The van der Waals surface area contributed by atoms with E-state index in [4.69, 9.17) is 0 Å². The van der Waals surface area contributed by atoms with Crippen LogP contribution >= 0.6 is 0 Å². The van der Waals surface area contributed by atoms with E-state index in [2.05, 4.69) is 21.4 Å². The van der Waals surface area contributed by atoms with Gasteiger partial charge in [-0.15, -0.1) is 0 Å². The van der Waals surface area contributed by atoms with Crippen molar-refractivity contribution >= 4 is 27.7 Å². The molecule has 0 spiro atoms. The van der Waals surface area contributed by atoms with Crippen LogP contribution in [0.5, 0.6) is 0 Å². The number of anilines is 1. The minimum Gasteiger partial charge on any atom is -0.282 e. The van der Waals surface area contributed by atoms with E-state index in [-0.39, 0.29) is 23.4 Å². The minimum absolute atomic E-state index is 0.0117. The molecule has 128 valence electrons. The first-order valence-electron chi connectivity index (χ1n) is 7.15. The number of rotatable bonds is 3. The maximum absolute atomic E-state index is 13.9. The van der Waals surface area contributed by atoms with Gasteiger partial charge in [-0.3, -0.25) is 14.4 Å². The van der Waals surface area contributed by atoms with Gasteiger partial charge in [-0.2, -0.15) is 13.5 Å². The lowest BCUT2D eigenvalue weighted by Gasteiger charge is -2.09. The Kier molecular flexibility index (Phi) is 4.48. The van der Waals surface area contributed by atoms with Crippen LogP contribution in [0.1, 0.15) is 16.7 Å². The summed E-state index contributed by atoms with van der Waals surface area (Å²) in [7, 11) is -4.50. The van der Waals surface area contributed by atoms with E-state index in [0.717, 1.165) is 0 Å². The topological polar surface area (TPSA) is 83.1 Å². The van der Waals surface area contributed by atoms with Crippen molar-refractivity contribution in [3.63, 3.8) is 0 Å². The summed E-state index contributed by atoms with van der Waals surface area (Å²) >= 11 is 0. The molecule has 6 nitrogen and oxygen atoms in total. The predicted octanol–water partition coefficient (Wildman–Crippen LogP) is 3.36. The van der Waals surface area contributed by atoms with E-state index >= 15 is 0 Å². The number of hydrogen-bond acceptors (Lipinski definition) is 4. The Balaban J connectivity index is 2.11. The van der Waals surface area contributed by atoms with Crippen LogP contribution in [0.3, 0.4) is 0 Å². The van der Waals surface area contributed by atoms with Crippen molar-refractivity contribution in [2.45, 2.75) is 11.3 Å². The van der Waals surface area contributed by atoms with Gasteiger partial charge in [-0.25, -0.2) is 4.39 Å². The minimum atomic E-state index is -4.50. The predicted molar refractivity (Wildman–Crippen MR) is 89.6 cm³/mol. The molecule has 0 amide bonds. The van der Waals surface area contributed by atoms with Crippen LogP contribution in [0.2, 0.25) is 0 Å². The Hall–Kier alpha value is -2.83. The van der Waals surface area contributed by atoms with Crippen LogP contribution in [-0.2, 0) is 16.5 Å². The van der Waals surface area contributed by atoms with Crippen molar-refractivity contribution < 1.29 is 21.8 Å². The van der Waals surface area contributed by atoms with E-state index < -0.39 is 27.5 Å². The van der Waals surface area contributed by atoms with Gasteiger partial charge in [0, 0.05) is 6.42 Å². The summed E-state index contributed by atoms with van der Waals surface area (Å²) in [5, 5.41) is 3.77. The standard InChI is InChI=1S/C16H11F2N3O3S/c17-6-5-10-1-3-13(18)12(7-10)8-19-15-11-2-4-14(25(22,23)24)16(15)21-20-9-11/h1-4,7,9,21H,5-6H2/p+1. The molecule has 2 N–H and O–H groups in total. The van der Waals surface area contributed by atoms with E-state index in [1.165, 1.54) is 36.5 Å². The lowest BCUT2D eigenvalue weighted by molar-refractivity contribution is 0.483. The second kappa shape index (κ2) is 6.58. The summed E-state index contributed by atoms with van der Waals surface area (Å²) in [6, 6.07) is 9.19. The van der Waals surface area contributed by atoms with Crippen molar-refractivity contribution in [2.75, 3.05) is 12.1 Å². The molecule has 9 heteroatoms. The van der Waals surface area contributed by atoms with E-state index in [1.54, 1.807) is 0 Å². The highest BCUT2D eigenvalue weighted by Crippen LogP contribution is 2.37. The molecule has 1 aliphatic heterocycles. The van der Waals surface area contributed by atoms with Crippen molar-refractivity contribution in [3.8, 4) is 6.07 Å². The fourth-order valence-corrected chi connectivity index (χ4v) is 2.98. The van der Waals surface area contributed by atoms with Gasteiger partial charge < -0.3 is 0 Å². The molecule has 0 aliphatic carbocycles. The lowest BCUT2D eigenvalue weighted by Crippen LogP contribution is -2.07. The van der Waals surface area contributed by atoms with Crippen molar-refractivity contribution in [2.24, 2.45) is 5.10 Å². The second-order valence-electron chi connectivity index (χ2n) is 5.20. The molecule has 2 aromatic carbocycles. The van der Waals surface area contributed by atoms with Gasteiger partial charge >= 0.3 is 11.8 Å². The smallest absolute Gasteiger partial charge is 0.282 e. The van der Waals surface area contributed by atoms with Gasteiger partial charge in [0.15, 0.2) is 5.69 Å². The van der Waals surface area contributed by atoms with Gasteiger partial charge in [0.2, 0.25) is 0 Å². The van der Waals surface area contributed by atoms with Crippen LogP contribution in [0, 0.1) is 11.9 Å². The van der Waals surface area contributed by atoms with Gasteiger partial charge in [0.25, 0.3) is 10.1 Å². The largest absolute Gasteiger partial charge is 0.375 e. The third kappa shape index (κ3) is 3.50. The average molecular weight is 364 g/mol. The van der Waals surface area contributed by atoms with E-state index in [0.29, 0.717) is 11.1 Å². The number of alkyl halides is 1. The molecule has 1 heterocycles. The summed E-state index contributed by atoms with van der Waals surface area (Å²) in [6.07, 6.45) is 1.54. The highest BCUT2D eigenvalue weighted by Gasteiger charge is 2.29.